The molecule has 71 heteroatoms. The third-order valence-corrected chi connectivity index (χ3v) is 31.9. The Kier molecular flexibility index (Phi) is 37.5. The second kappa shape index (κ2) is 49.1. The maximum atomic E-state index is 15.8. The molecule has 0 bridgehead atoms. The molecule has 0 aromatic carbocycles. The Hall–Kier alpha value is -7.50. The van der Waals surface area contributed by atoms with E-state index in [1.54, 1.807) is 18.4 Å². The van der Waals surface area contributed by atoms with E-state index in [0.717, 1.165) is 28.0 Å². The van der Waals surface area contributed by atoms with E-state index in [9.17, 15) is 34.1 Å². The van der Waals surface area contributed by atoms with E-state index in [2.05, 4.69) is 69.8 Å². The van der Waals surface area contributed by atoms with Crippen LogP contribution < -0.4 is 70.7 Å². The molecule has 0 spiro atoms. The number of rotatable bonds is 53. The smallest absolute Gasteiger partial charge is 0.351 e. The molecule has 0 saturated carbocycles. The Morgan fingerprint density at radius 3 is 1.30 bits per heavy atom. The number of methoxy groups -OCH3 is 5. The highest BCUT2D eigenvalue weighted by atomic mass is 32.7. The molecule has 6 fully saturated rings. The number of hydrogen-bond acceptors (Lipinski definition) is 58. The fraction of sp³-hybridized carbons (Fsp3) is 0.636. The molecule has 11 unspecified atom stereocenters. The van der Waals surface area contributed by atoms with Gasteiger partial charge in [0.05, 0.1) is 143 Å². The minimum Gasteiger partial charge on any atom is -0.799 e. The van der Waals surface area contributed by atoms with Crippen molar-refractivity contribution in [1.29, 1.82) is 0 Å². The molecule has 16 rings (SSSR count). The van der Waals surface area contributed by atoms with Crippen LogP contribution in [-0.2, 0) is 185 Å². The van der Waals surface area contributed by atoms with Gasteiger partial charge in [-0.25, -0.2) is 59.4 Å². The normalized spacial score (nSPS) is 28.9. The van der Waals surface area contributed by atoms with Gasteiger partial charge in [-0.05, 0) is 20.3 Å². The summed E-state index contributed by atoms with van der Waals surface area (Å²) in [6, 6.07) is 0. The summed E-state index contributed by atoms with van der Waals surface area (Å²) in [5, 5.41) is 11.9. The van der Waals surface area contributed by atoms with Gasteiger partial charge in [-0.15, -0.1) is 0 Å². The predicted octanol–water partition coefficient (Wildman–Crippen LogP) is -3.28. The zero-order chi connectivity index (χ0) is 106. The van der Waals surface area contributed by atoms with Gasteiger partial charge >= 0.3 is 11.4 Å². The number of nitrogen functional groups attached to an aromatic ring is 5. The number of hydrogen-bond donors (Lipinski definition) is 8. The highest BCUT2D eigenvalue weighted by molar-refractivity contribution is 8.32. The molecule has 6 aliphatic heterocycles. The van der Waals surface area contributed by atoms with Crippen molar-refractivity contribution in [2.24, 2.45) is 0 Å². The largest absolute Gasteiger partial charge is 0.799 e. The summed E-state index contributed by atoms with van der Waals surface area (Å²) in [4.78, 5) is 171. The van der Waals surface area contributed by atoms with Crippen LogP contribution in [-0.4, -0.2) is 347 Å². The van der Waals surface area contributed by atoms with Gasteiger partial charge in [0.25, 0.3) is 11.1 Å². The Morgan fingerprint density at radius 1 is 0.426 bits per heavy atom. The fourth-order valence-corrected chi connectivity index (χ4v) is 24.4. The van der Waals surface area contributed by atoms with Gasteiger partial charge < -0.3 is 187 Å². The van der Waals surface area contributed by atoms with Crippen LogP contribution in [0.4, 0.5) is 29.2 Å². The first-order valence-electron chi connectivity index (χ1n) is 45.2. The topological polar surface area (TPSA) is 784 Å². The molecule has 10 aromatic heterocycles. The van der Waals surface area contributed by atoms with Crippen molar-refractivity contribution in [3.8, 4) is 0 Å². The van der Waals surface area contributed by atoms with Crippen molar-refractivity contribution in [2.75, 3.05) is 170 Å². The number of nitrogens with one attached hydrogen (secondary N) is 2. The Labute approximate surface area is 863 Å². The van der Waals surface area contributed by atoms with Gasteiger partial charge in [0.1, 0.15) is 159 Å². The van der Waals surface area contributed by atoms with Crippen molar-refractivity contribution in [1.82, 2.24) is 97.2 Å². The van der Waals surface area contributed by atoms with Gasteiger partial charge in [-0.2, -0.15) is 9.97 Å². The number of aromatic amines is 2. The molecule has 61 nitrogen and oxygen atoms in total. The quantitative estimate of drug-likeness (QED) is 0.0105. The van der Waals surface area contributed by atoms with Gasteiger partial charge in [0, 0.05) is 72.0 Å². The molecule has 13 N–H and O–H groups in total. The van der Waals surface area contributed by atoms with E-state index in [-0.39, 0.29) is 146 Å². The number of imidazole rings is 4. The van der Waals surface area contributed by atoms with E-state index in [0.29, 0.717) is 17.6 Å². The van der Waals surface area contributed by atoms with Crippen LogP contribution in [0, 0.1) is 13.8 Å². The lowest BCUT2D eigenvalue weighted by Gasteiger charge is -2.37. The molecule has 0 amide bonds. The summed E-state index contributed by atoms with van der Waals surface area (Å²) in [6.45, 7) is -26.1. The number of anilines is 5. The van der Waals surface area contributed by atoms with Crippen LogP contribution in [0.2, 0.25) is 0 Å². The number of nitrogens with zero attached hydrogens (tertiary/aromatic N) is 18. The fourth-order valence-electron chi connectivity index (χ4n) is 17.2. The second-order valence-electron chi connectivity index (χ2n) is 33.7. The lowest BCUT2D eigenvalue weighted by atomic mass is 10.1. The number of aromatic nitrogens is 20. The Morgan fingerprint density at radius 2 is 0.818 bits per heavy atom. The summed E-state index contributed by atoms with van der Waals surface area (Å²) in [5.41, 5.74) is 28.2. The van der Waals surface area contributed by atoms with Gasteiger partial charge in [-0.1, -0.05) is 54.2 Å². The first kappa shape index (κ1) is 113. The van der Waals surface area contributed by atoms with E-state index in [1.165, 1.54) is 94.0 Å². The molecular weight excluding hydrogens is 2170 g/mol. The zero-order valence-corrected chi connectivity index (χ0v) is 88.2. The number of aliphatic hydroxyl groups excluding tert-OH is 1. The average molecular weight is 2270 g/mol. The summed E-state index contributed by atoms with van der Waals surface area (Å²) in [7, 11) is 6.90. The standard InChI is InChI=1S/C77H110N25O36P5S5/c1-9-38-39(20-45(128-38)99-31-89-46-61(79)83-28-86-64(46)99)134-140(109,145)125-26-43-53(58(122-18-13-116-7)72(131-43)98-22-37(3)68(104)96-77(98)107)137-143(112,148)127-27-44-54(59(123-19-14-117-8)73(133-44)101-33-91-48-63(81)85-30-88-66(48)101)138-142(111,147)126-25-42-51(56(120-16-11-114-5)74(132-42)102-34-92-49-67(102)94-75(82)95-69(49)105)135-139(108,144)35-118-23-41-52(57(121-17-12-115-6)71(130-41)97-21-36(2)60(78)93-76(97)106)136-141(110,146)124-24-40-50(103)55(119-15-10-113-4)70(129-40)100-32-90-47-62(80)84-29-87-65(47)100/h21-22,28-34,38-45,50-59,70-74,103H,9-20,23-27,35H2,1-8H3,(H,108,144)(H,109,145)(H,110,146)(H,111,147)(H,112,148)(H2,78,93,106)(H2,79,83,86)(H2,80,84,87)(H2,81,85,88)(H,96,104,107)(H3,82,94,95,105)/p-5/t38-,39?,40-,41-,42-,43-,44-,45-,50?,51?,52?,53?,54?,55+,56+,57+,58+,59+,70-,71-,72-,73-,74-,139?,140?,141?,142?,143?/m1/s1. The minimum atomic E-state index is -5.28. The number of ether oxygens (including phenoxy) is 17. The Balaban J connectivity index is 0.677. The average Bonchev–Trinajstić information content (AvgIpc) is 1.61. The molecule has 814 valence electrons. The second-order valence-corrected chi connectivity index (χ2v) is 47.9. The van der Waals surface area contributed by atoms with Crippen LogP contribution in [0.15, 0.2) is 75.9 Å². The molecule has 0 aliphatic carbocycles. The van der Waals surface area contributed by atoms with E-state index < -0.39 is 236 Å². The molecule has 6 saturated heterocycles. The number of nitrogens with two attached hydrogens (primary N) is 5. The summed E-state index contributed by atoms with van der Waals surface area (Å²) >= 11 is 28.6. The molecule has 10 aromatic rings. The number of aryl methyl sites for hydroxylation is 2. The number of fused-ring (bicyclic) bond motifs is 4. The molecule has 16 heterocycles. The van der Waals surface area contributed by atoms with Crippen molar-refractivity contribution >= 4 is 167 Å². The monoisotopic (exact) mass is 2270 g/mol. The molecular formula is C77H105N25O36P5S5-5. The Bertz CT molecular complexity index is 6810. The SMILES string of the molecule is CC[C@H]1O[C@@H](n2cnc3c(N)ncnc32)CC1OP([O-])(=S)OC[C@H]1O[C@@H](n2cc(C)c(=O)[nH]c2=O)[C@@H](OCCOC)C1OP(=O)([S-])OC[C@H]1O[C@@H](n2cnc3c(N)ncnc32)[C@@H](OCCOC)C1OP([O-])(=S)OC[C@H]1O[C@@H](n2cnc3c(=O)[nH]c(N)nc32)[C@@H](OCCOC)C1OP([O-])(=S)COC[C@H]1O[C@@H](n2cc(C)c(N)nc2=O)[C@@H](OCCOC)C1OP([O-])(=S)OC[C@H]1O[C@@H](n2cnc3c(N)ncnc32)[C@@H](OCCOC)C1O. The lowest BCUT2D eigenvalue weighted by Crippen LogP contribution is -2.42. The van der Waals surface area contributed by atoms with Crippen LogP contribution in [0.1, 0.15) is 68.3 Å². The van der Waals surface area contributed by atoms with E-state index in [1.807, 2.05) is 0 Å². The first-order valence-corrected chi connectivity index (χ1v) is 58.2. The first-order chi connectivity index (χ1) is 70.7. The summed E-state index contributed by atoms with van der Waals surface area (Å²) in [5.74, 6) is -0.461. The van der Waals surface area contributed by atoms with Crippen LogP contribution in [0.3, 0.4) is 0 Å². The molecule has 0 radical (unpaired) electrons. The summed E-state index contributed by atoms with van der Waals surface area (Å²) in [6.07, 6.45) is -23.6. The molecule has 28 atom stereocenters. The van der Waals surface area contributed by atoms with Crippen LogP contribution in [0.25, 0.3) is 44.7 Å². The highest BCUT2D eigenvalue weighted by Gasteiger charge is 2.56. The molecule has 6 aliphatic rings. The van der Waals surface area contributed by atoms with E-state index in [4.69, 9.17) is 209 Å². The minimum absolute atomic E-state index is 0.0125. The van der Waals surface area contributed by atoms with Crippen molar-refractivity contribution in [3.05, 3.63) is 109 Å². The van der Waals surface area contributed by atoms with Gasteiger partial charge in [0.2, 0.25) is 5.95 Å². The number of H-pyrrole nitrogens is 2. The third kappa shape index (κ3) is 26.0. The van der Waals surface area contributed by atoms with Crippen molar-refractivity contribution in [3.63, 3.8) is 0 Å². The van der Waals surface area contributed by atoms with Crippen LogP contribution in [0.5, 0.6) is 0 Å². The summed E-state index contributed by atoms with van der Waals surface area (Å²) < 4.78 is 183. The predicted molar refractivity (Wildman–Crippen MR) is 519 cm³/mol. The van der Waals surface area contributed by atoms with Gasteiger partial charge in [-0.3, -0.25) is 51.5 Å². The maximum Gasteiger partial charge on any atom is 0.351 e. The van der Waals surface area contributed by atoms with Gasteiger partial charge in [0.15, 0.2) is 83.5 Å². The maximum absolute atomic E-state index is 15.8. The van der Waals surface area contributed by atoms with Crippen molar-refractivity contribution in [2.45, 2.75) is 175 Å². The third-order valence-electron chi connectivity index (χ3n) is 24.1. The number of aliphatic hydroxyl groups is 1. The molecule has 148 heavy (non-hydrogen) atoms. The zero-order valence-electron chi connectivity index (χ0n) is 79.7. The highest BCUT2D eigenvalue weighted by Crippen LogP contribution is 2.57. The van der Waals surface area contributed by atoms with E-state index >= 15 is 14.4 Å². The van der Waals surface area contributed by atoms with Crippen molar-refractivity contribution < 1.29 is 150 Å². The lowest BCUT2D eigenvalue weighted by molar-refractivity contribution is -0.220. The van der Waals surface area contributed by atoms with Crippen LogP contribution >= 0.6 is 33.4 Å².